The van der Waals surface area contributed by atoms with Crippen molar-refractivity contribution in [2.75, 3.05) is 30.9 Å². The van der Waals surface area contributed by atoms with Gasteiger partial charge in [0.1, 0.15) is 6.04 Å². The van der Waals surface area contributed by atoms with E-state index in [0.29, 0.717) is 4.90 Å². The number of amides is 4. The van der Waals surface area contributed by atoms with Crippen LogP contribution in [0.25, 0.3) is 0 Å². The topological polar surface area (TPSA) is 98.8 Å². The van der Waals surface area contributed by atoms with Gasteiger partial charge in [-0.2, -0.15) is 0 Å². The molecule has 2 saturated heterocycles. The molecule has 1 aromatic carbocycles. The summed E-state index contributed by atoms with van der Waals surface area (Å²) in [6, 6.07) is 1.91. The summed E-state index contributed by atoms with van der Waals surface area (Å²) in [4.78, 5) is 50.4. The van der Waals surface area contributed by atoms with Gasteiger partial charge < -0.3 is 10.2 Å². The third-order valence-electron chi connectivity index (χ3n) is 4.14. The summed E-state index contributed by atoms with van der Waals surface area (Å²) < 4.78 is 64.4. The van der Waals surface area contributed by atoms with E-state index in [1.54, 1.807) is 5.32 Å². The number of hydrogen-bond donors (Lipinski definition) is 2. The Bertz CT molecular complexity index is 1080. The van der Waals surface area contributed by atoms with Gasteiger partial charge in [-0.3, -0.25) is 29.4 Å². The highest BCUT2D eigenvalue weighted by molar-refractivity contribution is 6.23. The Kier molecular flexibility index (Phi) is 2.17. The zero-order valence-electron chi connectivity index (χ0n) is 20.8. The third kappa shape index (κ3) is 2.58. The molecule has 0 radical (unpaired) electrons. The number of rotatable bonds is 2. The van der Waals surface area contributed by atoms with Gasteiger partial charge in [0, 0.05) is 43.6 Å². The van der Waals surface area contributed by atoms with Crippen LogP contribution in [0.3, 0.4) is 0 Å². The van der Waals surface area contributed by atoms with Crippen LogP contribution >= 0.6 is 0 Å². The summed E-state index contributed by atoms with van der Waals surface area (Å²) in [6.07, 6.45) is -0.160. The molecule has 130 valence electrons. The molecule has 0 aliphatic carbocycles. The van der Waals surface area contributed by atoms with Gasteiger partial charge in [0.15, 0.2) is 0 Å². The van der Waals surface area contributed by atoms with Crippen molar-refractivity contribution in [1.29, 1.82) is 0 Å². The van der Waals surface area contributed by atoms with E-state index in [4.69, 9.17) is 11.0 Å². The number of carbonyl (C=O) groups excluding carboxylic acids is 4. The molecule has 0 bridgehead atoms. The number of nitrogens with one attached hydrogen (secondary N) is 2. The van der Waals surface area contributed by atoms with E-state index in [1.165, 1.54) is 0 Å². The van der Waals surface area contributed by atoms with Gasteiger partial charge in [-0.1, -0.05) is 0 Å². The van der Waals surface area contributed by atoms with Gasteiger partial charge in [-0.05, 0) is 24.6 Å². The Morgan fingerprint density at radius 3 is 2.48 bits per heavy atom. The van der Waals surface area contributed by atoms with E-state index < -0.39 is 55.7 Å². The number of hydrogen-bond acceptors (Lipinski definition) is 6. The zero-order valence-corrected chi connectivity index (χ0v) is 12.8. The maximum absolute atomic E-state index is 13.0. The molecule has 3 heterocycles. The molecule has 4 amide bonds. The number of fused-ring (bicyclic) bond motifs is 1. The first-order valence-corrected chi connectivity index (χ1v) is 7.48. The number of piperazine rings is 1. The Morgan fingerprint density at radius 2 is 1.76 bits per heavy atom. The lowest BCUT2D eigenvalue weighted by Gasteiger charge is -2.29. The minimum atomic E-state index is -3.12. The third-order valence-corrected chi connectivity index (χ3v) is 4.14. The molecule has 0 spiro atoms. The van der Waals surface area contributed by atoms with E-state index in [-0.39, 0.29) is 34.6 Å². The van der Waals surface area contributed by atoms with Crippen LogP contribution < -0.4 is 15.5 Å². The minimum absolute atomic E-state index is 0.0771. The van der Waals surface area contributed by atoms with E-state index in [0.717, 1.165) is 18.2 Å². The van der Waals surface area contributed by atoms with Crippen LogP contribution in [0.5, 0.6) is 0 Å². The lowest BCUT2D eigenvalue weighted by atomic mass is 10.0. The fourth-order valence-corrected chi connectivity index (χ4v) is 2.95. The molecule has 1 unspecified atom stereocenters. The summed E-state index contributed by atoms with van der Waals surface area (Å²) in [5, 5.41) is 3.77. The number of anilines is 1. The van der Waals surface area contributed by atoms with Crippen LogP contribution in [0.4, 0.5) is 5.69 Å². The number of imide groups is 2. The summed E-state index contributed by atoms with van der Waals surface area (Å²) in [7, 11) is 0. The molecular formula is C17H18N4O4. The minimum Gasteiger partial charge on any atom is -0.369 e. The van der Waals surface area contributed by atoms with Crippen LogP contribution in [0, 0.1) is 0 Å². The van der Waals surface area contributed by atoms with Crippen molar-refractivity contribution in [1.82, 2.24) is 15.5 Å². The van der Waals surface area contributed by atoms with Gasteiger partial charge in [0.2, 0.25) is 11.8 Å². The maximum atomic E-state index is 13.0. The first kappa shape index (κ1) is 9.10. The number of carbonyl (C=O) groups is 4. The van der Waals surface area contributed by atoms with Crippen LogP contribution in [0.15, 0.2) is 18.2 Å². The van der Waals surface area contributed by atoms with Gasteiger partial charge in [-0.15, -0.1) is 0 Å². The second-order valence-corrected chi connectivity index (χ2v) is 5.61. The van der Waals surface area contributed by atoms with Crippen molar-refractivity contribution >= 4 is 29.3 Å². The molecule has 1 aromatic rings. The Morgan fingerprint density at radius 1 is 1.04 bits per heavy atom. The fraction of sp³-hybridized carbons (Fsp3) is 0.412. The van der Waals surface area contributed by atoms with Crippen LogP contribution in [-0.4, -0.2) is 60.6 Å². The highest BCUT2D eigenvalue weighted by atomic mass is 16.2. The fourth-order valence-electron chi connectivity index (χ4n) is 2.95. The number of piperidine rings is 1. The smallest absolute Gasteiger partial charge is 0.262 e. The largest absolute Gasteiger partial charge is 0.369 e. The second kappa shape index (κ2) is 5.96. The van der Waals surface area contributed by atoms with E-state index in [1.807, 2.05) is 0 Å². The van der Waals surface area contributed by atoms with Crippen molar-refractivity contribution in [3.8, 4) is 0 Å². The molecule has 0 aromatic heterocycles. The van der Waals surface area contributed by atoms with Gasteiger partial charge in [0.05, 0.1) is 16.6 Å². The average Bonchev–Trinajstić information content (AvgIpc) is 2.90. The van der Waals surface area contributed by atoms with Gasteiger partial charge in [0.25, 0.3) is 11.8 Å². The maximum Gasteiger partial charge on any atom is 0.262 e. The molecule has 2 fully saturated rings. The normalized spacial score (nSPS) is 36.6. The molecule has 4 rings (SSSR count). The van der Waals surface area contributed by atoms with E-state index in [2.05, 4.69) is 5.32 Å². The van der Waals surface area contributed by atoms with Crippen molar-refractivity contribution < 1.29 is 30.1 Å². The first-order valence-electron chi connectivity index (χ1n) is 11.5. The van der Waals surface area contributed by atoms with Gasteiger partial charge in [-0.25, -0.2) is 0 Å². The Labute approximate surface area is 155 Å². The second-order valence-electron chi connectivity index (χ2n) is 5.61. The summed E-state index contributed by atoms with van der Waals surface area (Å²) in [5.74, 6) is -3.11. The lowest BCUT2D eigenvalue weighted by Crippen LogP contribution is -2.54. The monoisotopic (exact) mass is 350 g/mol. The molecule has 2 N–H and O–H groups in total. The Balaban J connectivity index is 1.78. The highest BCUT2D eigenvalue weighted by Crippen LogP contribution is 2.30. The summed E-state index contributed by atoms with van der Waals surface area (Å²) >= 11 is 0. The van der Waals surface area contributed by atoms with Crippen molar-refractivity contribution in [2.45, 2.75) is 18.9 Å². The predicted molar refractivity (Wildman–Crippen MR) is 88.2 cm³/mol. The lowest BCUT2D eigenvalue weighted by molar-refractivity contribution is -0.136. The molecule has 3 aliphatic heterocycles. The van der Waals surface area contributed by atoms with Crippen molar-refractivity contribution in [3.05, 3.63) is 29.3 Å². The van der Waals surface area contributed by atoms with Crippen molar-refractivity contribution in [3.63, 3.8) is 0 Å². The SMILES string of the molecule is [2H]C1([2H])NC([2H])([2H])C([2H])([2H])N(c2ccc3c(c2)C(=O)N(C2CCC(=O)NC2=O)C3=O)C1([2H])[2H]. The molecular weight excluding hydrogens is 324 g/mol. The molecule has 1 atom stereocenters. The van der Waals surface area contributed by atoms with Crippen LogP contribution in [0.2, 0.25) is 0 Å². The molecule has 0 saturated carbocycles. The Hall–Kier alpha value is -2.74. The standard InChI is InChI=1S/C17H18N4O4/c22-14-4-3-13(15(23)19-14)21-16(24)11-2-1-10(9-12(11)17(21)25)20-7-5-18-6-8-20/h1-2,9,13,18H,3-8H2,(H,19,22,23)/i5D2,6D2,7D2,8D2. The van der Waals surface area contributed by atoms with Crippen LogP contribution in [0.1, 0.15) is 44.5 Å². The molecule has 3 aliphatic rings. The van der Waals surface area contributed by atoms with E-state index >= 15 is 0 Å². The number of nitrogens with zero attached hydrogens (tertiary/aromatic N) is 2. The predicted octanol–water partition coefficient (Wildman–Crippen LogP) is -0.503. The molecule has 25 heavy (non-hydrogen) atoms. The summed E-state index contributed by atoms with van der Waals surface area (Å²) in [5.41, 5.74) is -0.812. The van der Waals surface area contributed by atoms with E-state index in [9.17, 15) is 19.2 Å². The average molecular weight is 350 g/mol. The first-order chi connectivity index (χ1) is 15.0. The molecule has 8 nitrogen and oxygen atoms in total. The molecule has 8 heteroatoms. The van der Waals surface area contributed by atoms with Crippen molar-refractivity contribution in [2.24, 2.45) is 0 Å². The quantitative estimate of drug-likeness (QED) is 0.698. The number of benzene rings is 1. The summed E-state index contributed by atoms with van der Waals surface area (Å²) in [6.45, 7) is -12.3. The zero-order chi connectivity index (χ0) is 24.7. The van der Waals surface area contributed by atoms with Gasteiger partial charge >= 0.3 is 0 Å². The highest BCUT2D eigenvalue weighted by Gasteiger charge is 2.44. The van der Waals surface area contributed by atoms with Crippen LogP contribution in [-0.2, 0) is 9.59 Å².